The lowest BCUT2D eigenvalue weighted by atomic mass is 9.77. The number of carboxylic acid groups (broad SMARTS) is 1. The van der Waals surface area contributed by atoms with Crippen LogP contribution in [0, 0.1) is 5.41 Å². The van der Waals surface area contributed by atoms with Gasteiger partial charge in [0.15, 0.2) is 0 Å². The van der Waals surface area contributed by atoms with Gasteiger partial charge in [0, 0.05) is 19.6 Å². The van der Waals surface area contributed by atoms with Gasteiger partial charge in [0.25, 0.3) is 0 Å². The summed E-state index contributed by atoms with van der Waals surface area (Å²) in [6.07, 6.45) is 2.22. The second-order valence-corrected chi connectivity index (χ2v) is 9.51. The first-order chi connectivity index (χ1) is 16.9. The van der Waals surface area contributed by atoms with Crippen LogP contribution in [0.25, 0.3) is 0 Å². The Hall–Kier alpha value is -3.26. The monoisotopic (exact) mass is 481 g/mol. The van der Waals surface area contributed by atoms with Crippen molar-refractivity contribution in [2.24, 2.45) is 5.41 Å². The standard InChI is InChI=1S/C27H35N3O5/c1-34-22-8-6-20(7-9-22)19-30-17-13-27(25(30)31)11-15-29(16-12-27)14-10-24(28-26(32)33)21-4-3-5-23(18-21)35-2/h3-9,18,24,28H,10-17,19H2,1-2H3,(H,32,33). The van der Waals surface area contributed by atoms with Crippen LogP contribution in [-0.4, -0.2) is 67.3 Å². The molecule has 0 bridgehead atoms. The van der Waals surface area contributed by atoms with E-state index in [1.54, 1.807) is 14.2 Å². The molecule has 1 atom stereocenters. The number of carbonyl (C=O) groups excluding carboxylic acids is 1. The van der Waals surface area contributed by atoms with Gasteiger partial charge < -0.3 is 29.7 Å². The summed E-state index contributed by atoms with van der Waals surface area (Å²) in [6.45, 7) is 3.89. The zero-order chi connectivity index (χ0) is 24.8. The van der Waals surface area contributed by atoms with Crippen LogP contribution >= 0.6 is 0 Å². The molecule has 2 aromatic carbocycles. The molecule has 2 fully saturated rings. The summed E-state index contributed by atoms with van der Waals surface area (Å²) in [6, 6.07) is 15.1. The van der Waals surface area contributed by atoms with Crippen molar-refractivity contribution in [1.29, 1.82) is 0 Å². The Morgan fingerprint density at radius 3 is 2.37 bits per heavy atom. The minimum Gasteiger partial charge on any atom is -0.497 e. The first-order valence-electron chi connectivity index (χ1n) is 12.2. The van der Waals surface area contributed by atoms with Gasteiger partial charge in [-0.15, -0.1) is 0 Å². The number of carbonyl (C=O) groups is 2. The highest BCUT2D eigenvalue weighted by Crippen LogP contribution is 2.42. The van der Waals surface area contributed by atoms with E-state index in [0.717, 1.165) is 62.3 Å². The molecular weight excluding hydrogens is 446 g/mol. The molecule has 4 rings (SSSR count). The maximum atomic E-state index is 13.3. The van der Waals surface area contributed by atoms with Gasteiger partial charge in [-0.25, -0.2) is 4.79 Å². The van der Waals surface area contributed by atoms with E-state index in [-0.39, 0.29) is 17.4 Å². The molecule has 2 saturated heterocycles. The number of nitrogens with zero attached hydrogens (tertiary/aromatic N) is 2. The molecule has 0 radical (unpaired) electrons. The van der Waals surface area contributed by atoms with E-state index in [9.17, 15) is 14.7 Å². The summed E-state index contributed by atoms with van der Waals surface area (Å²) in [4.78, 5) is 29.1. The predicted octanol–water partition coefficient (Wildman–Crippen LogP) is 3.92. The number of likely N-dealkylation sites (tertiary alicyclic amines) is 2. The second kappa shape index (κ2) is 11.0. The normalized spacial score (nSPS) is 18.5. The molecule has 8 heteroatoms. The van der Waals surface area contributed by atoms with Crippen LogP contribution in [0.2, 0.25) is 0 Å². The Kier molecular flexibility index (Phi) is 7.80. The van der Waals surface area contributed by atoms with Crippen molar-refractivity contribution in [3.05, 3.63) is 59.7 Å². The van der Waals surface area contributed by atoms with Crippen LogP contribution < -0.4 is 14.8 Å². The summed E-state index contributed by atoms with van der Waals surface area (Å²) in [5, 5.41) is 12.0. The van der Waals surface area contributed by atoms with Crippen molar-refractivity contribution in [1.82, 2.24) is 15.1 Å². The van der Waals surface area contributed by atoms with E-state index in [1.807, 2.05) is 53.4 Å². The zero-order valence-corrected chi connectivity index (χ0v) is 20.5. The molecule has 8 nitrogen and oxygen atoms in total. The molecule has 188 valence electrons. The van der Waals surface area contributed by atoms with Crippen molar-refractivity contribution in [2.45, 2.75) is 38.3 Å². The summed E-state index contributed by atoms with van der Waals surface area (Å²) >= 11 is 0. The lowest BCUT2D eigenvalue weighted by molar-refractivity contribution is -0.138. The molecule has 2 aliphatic rings. The van der Waals surface area contributed by atoms with Crippen LogP contribution in [0.1, 0.15) is 42.9 Å². The number of amides is 2. The average Bonchev–Trinajstić information content (AvgIpc) is 3.17. The van der Waals surface area contributed by atoms with Crippen LogP contribution in [0.15, 0.2) is 48.5 Å². The van der Waals surface area contributed by atoms with Crippen LogP contribution in [0.4, 0.5) is 4.79 Å². The van der Waals surface area contributed by atoms with Gasteiger partial charge in [0.1, 0.15) is 11.5 Å². The number of hydrogen-bond acceptors (Lipinski definition) is 5. The minimum atomic E-state index is -1.04. The quantitative estimate of drug-likeness (QED) is 0.564. The summed E-state index contributed by atoms with van der Waals surface area (Å²) in [5.74, 6) is 1.80. The molecule has 0 saturated carbocycles. The maximum absolute atomic E-state index is 13.3. The number of rotatable bonds is 9. The summed E-state index contributed by atoms with van der Waals surface area (Å²) in [5.41, 5.74) is 1.75. The number of nitrogens with one attached hydrogen (secondary N) is 1. The Morgan fingerprint density at radius 1 is 1.03 bits per heavy atom. The molecule has 2 amide bonds. The van der Waals surface area contributed by atoms with Crippen molar-refractivity contribution in [2.75, 3.05) is 40.4 Å². The fourth-order valence-corrected chi connectivity index (χ4v) is 5.30. The molecule has 2 N–H and O–H groups in total. The third-order valence-electron chi connectivity index (χ3n) is 7.47. The van der Waals surface area contributed by atoms with Crippen molar-refractivity contribution in [3.8, 4) is 11.5 Å². The predicted molar refractivity (Wildman–Crippen MR) is 133 cm³/mol. The highest BCUT2D eigenvalue weighted by atomic mass is 16.5. The molecular formula is C27H35N3O5. The van der Waals surface area contributed by atoms with Crippen molar-refractivity contribution < 1.29 is 24.2 Å². The molecule has 1 unspecified atom stereocenters. The van der Waals surface area contributed by atoms with E-state index < -0.39 is 6.09 Å². The van der Waals surface area contributed by atoms with Crippen LogP contribution in [0.5, 0.6) is 11.5 Å². The van der Waals surface area contributed by atoms with Gasteiger partial charge in [-0.05, 0) is 74.2 Å². The van der Waals surface area contributed by atoms with Gasteiger partial charge in [-0.2, -0.15) is 0 Å². The van der Waals surface area contributed by atoms with Gasteiger partial charge in [-0.3, -0.25) is 4.79 Å². The molecule has 0 aliphatic carbocycles. The Balaban J connectivity index is 1.31. The fourth-order valence-electron chi connectivity index (χ4n) is 5.30. The molecule has 2 aliphatic heterocycles. The second-order valence-electron chi connectivity index (χ2n) is 9.51. The minimum absolute atomic E-state index is 0.255. The largest absolute Gasteiger partial charge is 0.497 e. The smallest absolute Gasteiger partial charge is 0.405 e. The van der Waals surface area contributed by atoms with Crippen LogP contribution in [0.3, 0.4) is 0 Å². The molecule has 1 spiro atoms. The van der Waals surface area contributed by atoms with E-state index in [2.05, 4.69) is 10.2 Å². The highest BCUT2D eigenvalue weighted by Gasteiger charge is 2.47. The number of benzene rings is 2. The Labute approximate surface area is 206 Å². The first-order valence-corrected chi connectivity index (χ1v) is 12.2. The molecule has 0 aromatic heterocycles. The summed E-state index contributed by atoms with van der Waals surface area (Å²) in [7, 11) is 3.25. The Bertz CT molecular complexity index is 1020. The number of methoxy groups -OCH3 is 2. The third-order valence-corrected chi connectivity index (χ3v) is 7.47. The third kappa shape index (κ3) is 5.88. The molecule has 2 aromatic rings. The van der Waals surface area contributed by atoms with Gasteiger partial charge in [-0.1, -0.05) is 24.3 Å². The highest BCUT2D eigenvalue weighted by molar-refractivity contribution is 5.85. The number of ether oxygens (including phenoxy) is 2. The average molecular weight is 482 g/mol. The fraction of sp³-hybridized carbons (Fsp3) is 0.481. The first kappa shape index (κ1) is 24.9. The summed E-state index contributed by atoms with van der Waals surface area (Å²) < 4.78 is 10.5. The Morgan fingerprint density at radius 2 is 1.71 bits per heavy atom. The zero-order valence-electron chi connectivity index (χ0n) is 20.5. The SMILES string of the molecule is COc1ccc(CN2CCC3(CCN(CCC(NC(=O)O)c4cccc(OC)c4)CC3)C2=O)cc1. The lowest BCUT2D eigenvalue weighted by Gasteiger charge is -2.38. The molecule has 35 heavy (non-hydrogen) atoms. The van der Waals surface area contributed by atoms with E-state index in [0.29, 0.717) is 18.7 Å². The van der Waals surface area contributed by atoms with Crippen molar-refractivity contribution in [3.63, 3.8) is 0 Å². The van der Waals surface area contributed by atoms with Gasteiger partial charge in [0.05, 0.1) is 25.7 Å². The molecule has 2 heterocycles. The van der Waals surface area contributed by atoms with Gasteiger partial charge in [0.2, 0.25) is 5.91 Å². The van der Waals surface area contributed by atoms with Crippen molar-refractivity contribution >= 4 is 12.0 Å². The maximum Gasteiger partial charge on any atom is 0.405 e. The van der Waals surface area contributed by atoms with E-state index >= 15 is 0 Å². The van der Waals surface area contributed by atoms with E-state index in [1.165, 1.54) is 0 Å². The topological polar surface area (TPSA) is 91.3 Å². The number of piperidine rings is 1. The van der Waals surface area contributed by atoms with Crippen LogP contribution in [-0.2, 0) is 11.3 Å². The number of hydrogen-bond donors (Lipinski definition) is 2. The lowest BCUT2D eigenvalue weighted by Crippen LogP contribution is -2.45. The van der Waals surface area contributed by atoms with Gasteiger partial charge >= 0.3 is 6.09 Å². The van der Waals surface area contributed by atoms with E-state index in [4.69, 9.17) is 9.47 Å².